The molecule has 0 heterocycles. The van der Waals surface area contributed by atoms with Crippen molar-refractivity contribution in [2.24, 2.45) is 28.6 Å². The Bertz CT molecular complexity index is 786. The summed E-state index contributed by atoms with van der Waals surface area (Å²) in [5.41, 5.74) is -1.20. The Hall–Kier alpha value is -1.53. The average Bonchev–Trinajstić information content (AvgIpc) is 2.93. The van der Waals surface area contributed by atoms with Crippen LogP contribution in [0.2, 0.25) is 0 Å². The Morgan fingerprint density at radius 1 is 1.17 bits per heavy atom. The second kappa shape index (κ2) is 6.74. The zero-order valence-electron chi connectivity index (χ0n) is 17.6. The smallest absolute Gasteiger partial charge is 0.303 e. The number of Topliss-reactive ketones (excluding diaryl/α,β-unsaturated/α-hetero) is 1. The maximum Gasteiger partial charge on any atom is 0.303 e. The summed E-state index contributed by atoms with van der Waals surface area (Å²) in [5.74, 6) is -0.550. The van der Waals surface area contributed by atoms with E-state index in [1.54, 1.807) is 6.08 Å². The Labute approximate surface area is 171 Å². The topological polar surface area (TPSA) is 101 Å². The molecule has 0 bridgehead atoms. The number of aliphatic hydroxyl groups is 2. The third-order valence-electron chi connectivity index (χ3n) is 9.00. The number of hydrogen-bond acceptors (Lipinski definition) is 6. The Morgan fingerprint density at radius 3 is 2.55 bits per heavy atom. The zero-order valence-corrected chi connectivity index (χ0v) is 17.6. The lowest BCUT2D eigenvalue weighted by molar-refractivity contribution is -0.175. The van der Waals surface area contributed by atoms with E-state index in [0.29, 0.717) is 32.1 Å². The summed E-state index contributed by atoms with van der Waals surface area (Å²) in [6.45, 7) is 5.04. The number of ether oxygens (including phenoxy) is 1. The number of ketones is 2. The Balaban J connectivity index is 1.65. The van der Waals surface area contributed by atoms with E-state index in [-0.39, 0.29) is 29.0 Å². The van der Waals surface area contributed by atoms with Crippen molar-refractivity contribution in [3.63, 3.8) is 0 Å². The van der Waals surface area contributed by atoms with Crippen LogP contribution < -0.4 is 0 Å². The first-order valence-electron chi connectivity index (χ1n) is 10.8. The molecule has 0 aromatic rings. The fourth-order valence-corrected chi connectivity index (χ4v) is 7.29. The van der Waals surface area contributed by atoms with E-state index in [4.69, 9.17) is 4.74 Å². The number of rotatable bonds is 3. The molecule has 0 unspecified atom stereocenters. The third-order valence-corrected chi connectivity index (χ3v) is 9.00. The number of carbonyl (C=O) groups excluding carboxylic acids is 3. The highest BCUT2D eigenvalue weighted by Crippen LogP contribution is 2.67. The van der Waals surface area contributed by atoms with E-state index in [9.17, 15) is 24.6 Å². The normalized spacial score (nSPS) is 46.2. The largest absolute Gasteiger partial charge is 0.458 e. The van der Waals surface area contributed by atoms with Crippen molar-refractivity contribution >= 4 is 17.5 Å². The van der Waals surface area contributed by atoms with E-state index >= 15 is 0 Å². The minimum absolute atomic E-state index is 0.000322. The molecule has 7 atom stereocenters. The van der Waals surface area contributed by atoms with Gasteiger partial charge in [0.1, 0.15) is 5.60 Å². The fourth-order valence-electron chi connectivity index (χ4n) is 7.29. The minimum Gasteiger partial charge on any atom is -0.458 e. The van der Waals surface area contributed by atoms with E-state index < -0.39 is 35.5 Å². The highest BCUT2D eigenvalue weighted by molar-refractivity contribution is 5.92. The van der Waals surface area contributed by atoms with Crippen molar-refractivity contribution in [2.45, 2.75) is 77.4 Å². The van der Waals surface area contributed by atoms with Crippen LogP contribution in [0.4, 0.5) is 0 Å². The van der Waals surface area contributed by atoms with Gasteiger partial charge in [0, 0.05) is 18.8 Å². The van der Waals surface area contributed by atoms with Gasteiger partial charge in [-0.1, -0.05) is 19.4 Å². The number of fused-ring (bicyclic) bond motifs is 5. The highest BCUT2D eigenvalue weighted by atomic mass is 16.5. The summed E-state index contributed by atoms with van der Waals surface area (Å²) in [4.78, 5) is 36.0. The van der Waals surface area contributed by atoms with Crippen LogP contribution >= 0.6 is 0 Å². The molecule has 6 heteroatoms. The molecule has 4 aliphatic rings. The molecule has 0 spiro atoms. The molecule has 3 fully saturated rings. The molecule has 6 nitrogen and oxygen atoms in total. The van der Waals surface area contributed by atoms with Crippen molar-refractivity contribution in [3.8, 4) is 0 Å². The molecule has 160 valence electrons. The monoisotopic (exact) mass is 404 g/mol. The molecule has 0 amide bonds. The summed E-state index contributed by atoms with van der Waals surface area (Å²) in [5, 5.41) is 22.6. The molecule has 0 radical (unpaired) electrons. The molecule has 0 aromatic carbocycles. The van der Waals surface area contributed by atoms with Crippen LogP contribution in [0.1, 0.15) is 65.7 Å². The highest BCUT2D eigenvalue weighted by Gasteiger charge is 2.67. The maximum absolute atomic E-state index is 12.9. The van der Waals surface area contributed by atoms with Gasteiger partial charge in [-0.2, -0.15) is 0 Å². The molecular weight excluding hydrogens is 372 g/mol. The number of carbonyl (C=O) groups is 3. The van der Waals surface area contributed by atoms with Crippen molar-refractivity contribution in [1.29, 1.82) is 0 Å². The van der Waals surface area contributed by atoms with Gasteiger partial charge in [-0.3, -0.25) is 14.4 Å². The first kappa shape index (κ1) is 20.7. The van der Waals surface area contributed by atoms with Crippen molar-refractivity contribution < 1.29 is 29.3 Å². The van der Waals surface area contributed by atoms with Crippen LogP contribution in [-0.2, 0) is 19.1 Å². The molecule has 29 heavy (non-hydrogen) atoms. The van der Waals surface area contributed by atoms with Gasteiger partial charge >= 0.3 is 5.97 Å². The van der Waals surface area contributed by atoms with Gasteiger partial charge in [-0.25, -0.2) is 0 Å². The standard InChI is InChI=1S/C23H32O6/c1-13(24)29-12-19(27)23(28)9-6-17-20-16(5-8-22(17,23)3)21(2)7-4-15(25)10-14(21)11-18(20)26/h10,16-18,20,26,28H,4-9,11-12H2,1-3H3/t16-,17-,18-,20+,21-,22-,23-/m0/s1. The van der Waals surface area contributed by atoms with E-state index in [0.717, 1.165) is 18.4 Å². The summed E-state index contributed by atoms with van der Waals surface area (Å²) in [6.07, 6.45) is 5.54. The zero-order chi connectivity index (χ0) is 21.2. The van der Waals surface area contributed by atoms with Crippen LogP contribution in [0.3, 0.4) is 0 Å². The molecule has 4 aliphatic carbocycles. The number of esters is 1. The SMILES string of the molecule is CC(=O)OCC(=O)[C@@]1(O)CC[C@H]2[C@@H]3[C@@H](O)CC4=CC(=O)CC[C@]4(C)[C@H]3CC[C@@]21C. The summed E-state index contributed by atoms with van der Waals surface area (Å²) < 4.78 is 4.89. The molecule has 0 saturated heterocycles. The van der Waals surface area contributed by atoms with Crippen LogP contribution in [-0.4, -0.2) is 46.1 Å². The third kappa shape index (κ3) is 2.86. The molecular formula is C23H32O6. The van der Waals surface area contributed by atoms with Crippen LogP contribution in [0.5, 0.6) is 0 Å². The van der Waals surface area contributed by atoms with Crippen LogP contribution in [0.25, 0.3) is 0 Å². The van der Waals surface area contributed by atoms with E-state index in [2.05, 4.69) is 6.92 Å². The quantitative estimate of drug-likeness (QED) is 0.701. The average molecular weight is 405 g/mol. The molecule has 3 saturated carbocycles. The van der Waals surface area contributed by atoms with Gasteiger partial charge in [0.25, 0.3) is 0 Å². The number of hydrogen-bond donors (Lipinski definition) is 2. The fraction of sp³-hybridized carbons (Fsp3) is 0.783. The minimum atomic E-state index is -1.53. The molecule has 2 N–H and O–H groups in total. The van der Waals surface area contributed by atoms with Crippen molar-refractivity contribution in [1.82, 2.24) is 0 Å². The second-order valence-electron chi connectivity index (χ2n) is 10.2. The summed E-state index contributed by atoms with van der Waals surface area (Å²) in [7, 11) is 0. The Kier molecular flexibility index (Phi) is 4.82. The van der Waals surface area contributed by atoms with Crippen molar-refractivity contribution in [2.75, 3.05) is 6.61 Å². The van der Waals surface area contributed by atoms with Crippen LogP contribution in [0.15, 0.2) is 11.6 Å². The maximum atomic E-state index is 12.9. The van der Waals surface area contributed by atoms with Crippen LogP contribution in [0, 0.1) is 28.6 Å². The Morgan fingerprint density at radius 2 is 1.86 bits per heavy atom. The van der Waals surface area contributed by atoms with E-state index in [1.807, 2.05) is 6.92 Å². The van der Waals surface area contributed by atoms with Gasteiger partial charge in [-0.15, -0.1) is 0 Å². The summed E-state index contributed by atoms with van der Waals surface area (Å²) >= 11 is 0. The first-order valence-corrected chi connectivity index (χ1v) is 10.8. The van der Waals surface area contributed by atoms with Gasteiger partial charge in [-0.05, 0) is 67.8 Å². The summed E-state index contributed by atoms with van der Waals surface area (Å²) in [6, 6.07) is 0. The number of aliphatic hydroxyl groups excluding tert-OH is 1. The molecule has 0 aromatic heterocycles. The first-order chi connectivity index (χ1) is 13.5. The van der Waals surface area contributed by atoms with Gasteiger partial charge in [0.05, 0.1) is 6.10 Å². The van der Waals surface area contributed by atoms with Crippen molar-refractivity contribution in [3.05, 3.63) is 11.6 Å². The molecule has 0 aliphatic heterocycles. The van der Waals surface area contributed by atoms with E-state index in [1.165, 1.54) is 6.92 Å². The predicted molar refractivity (Wildman–Crippen MR) is 105 cm³/mol. The van der Waals surface area contributed by atoms with Gasteiger partial charge in [0.15, 0.2) is 12.4 Å². The lowest BCUT2D eigenvalue weighted by atomic mass is 9.45. The van der Waals surface area contributed by atoms with Gasteiger partial charge in [0.2, 0.25) is 5.78 Å². The second-order valence-corrected chi connectivity index (χ2v) is 10.2. The predicted octanol–water partition coefficient (Wildman–Crippen LogP) is 2.35. The lowest BCUT2D eigenvalue weighted by Gasteiger charge is -2.60. The lowest BCUT2D eigenvalue weighted by Crippen LogP contribution is -2.60. The van der Waals surface area contributed by atoms with Gasteiger partial charge < -0.3 is 14.9 Å². The molecule has 4 rings (SSSR count).